The van der Waals surface area contributed by atoms with Gasteiger partial charge in [0.25, 0.3) is 5.69 Å². The van der Waals surface area contributed by atoms with E-state index in [1.807, 2.05) is 0 Å². The summed E-state index contributed by atoms with van der Waals surface area (Å²) in [6, 6.07) is 2.74. The van der Waals surface area contributed by atoms with E-state index in [-0.39, 0.29) is 12.3 Å². The van der Waals surface area contributed by atoms with Crippen molar-refractivity contribution >= 4 is 60.5 Å². The summed E-state index contributed by atoms with van der Waals surface area (Å²) in [5.74, 6) is 0.455. The van der Waals surface area contributed by atoms with Crippen LogP contribution in [0.15, 0.2) is 21.1 Å². The Balaban J connectivity index is 2.18. The zero-order valence-corrected chi connectivity index (χ0v) is 13.7. The van der Waals surface area contributed by atoms with Gasteiger partial charge in [0.2, 0.25) is 4.47 Å². The molecule has 1 aromatic heterocycles. The standard InChI is InChI=1S/C9H4Br2ClN3O3S/c10-5-1-4(15(16)17)2-6(11)8(5)18-3-7-13-14-9(12)19-7/h1-2H,3H2. The Bertz CT molecular complexity index is 614. The third-order valence-electron chi connectivity index (χ3n) is 1.98. The smallest absolute Gasteiger partial charge is 0.271 e. The van der Waals surface area contributed by atoms with Gasteiger partial charge in [-0.1, -0.05) is 11.3 Å². The predicted molar refractivity (Wildman–Crippen MR) is 77.7 cm³/mol. The number of aromatic nitrogens is 2. The van der Waals surface area contributed by atoms with Crippen LogP contribution in [-0.2, 0) is 6.61 Å². The van der Waals surface area contributed by atoms with Crippen LogP contribution in [0.5, 0.6) is 5.75 Å². The second kappa shape index (κ2) is 6.12. The number of nitro benzene ring substituents is 1. The Hall–Kier alpha value is -0.770. The Morgan fingerprint density at radius 3 is 2.47 bits per heavy atom. The van der Waals surface area contributed by atoms with Gasteiger partial charge in [0.15, 0.2) is 5.01 Å². The van der Waals surface area contributed by atoms with E-state index < -0.39 is 4.92 Å². The number of hydrogen-bond donors (Lipinski definition) is 0. The number of non-ortho nitro benzene ring substituents is 1. The van der Waals surface area contributed by atoms with Gasteiger partial charge in [-0.15, -0.1) is 10.2 Å². The molecule has 0 saturated heterocycles. The largest absolute Gasteiger partial charge is 0.484 e. The van der Waals surface area contributed by atoms with Crippen LogP contribution < -0.4 is 4.74 Å². The maximum Gasteiger partial charge on any atom is 0.271 e. The molecule has 6 nitrogen and oxygen atoms in total. The van der Waals surface area contributed by atoms with Crippen LogP contribution in [0.4, 0.5) is 5.69 Å². The normalized spacial score (nSPS) is 10.5. The Kier molecular flexibility index (Phi) is 4.71. The molecule has 0 aliphatic heterocycles. The van der Waals surface area contributed by atoms with Crippen molar-refractivity contribution in [3.05, 3.63) is 40.7 Å². The van der Waals surface area contributed by atoms with Crippen LogP contribution in [0, 0.1) is 10.1 Å². The summed E-state index contributed by atoms with van der Waals surface area (Å²) in [5, 5.41) is 18.8. The van der Waals surface area contributed by atoms with E-state index in [9.17, 15) is 10.1 Å². The lowest BCUT2D eigenvalue weighted by atomic mass is 10.3. The molecule has 1 aromatic carbocycles. The Morgan fingerprint density at radius 2 is 2.00 bits per heavy atom. The van der Waals surface area contributed by atoms with Crippen molar-refractivity contribution in [2.75, 3.05) is 0 Å². The first-order valence-corrected chi connectivity index (χ1v) is 7.49. The SMILES string of the molecule is O=[N+]([O-])c1cc(Br)c(OCc2nnc(Cl)s2)c(Br)c1. The van der Waals surface area contributed by atoms with Gasteiger partial charge in [0.05, 0.1) is 13.9 Å². The summed E-state index contributed by atoms with van der Waals surface area (Å²) in [7, 11) is 0. The van der Waals surface area contributed by atoms with E-state index in [2.05, 4.69) is 42.1 Å². The van der Waals surface area contributed by atoms with E-state index >= 15 is 0 Å². The lowest BCUT2D eigenvalue weighted by molar-refractivity contribution is -0.385. The quantitative estimate of drug-likeness (QED) is 0.538. The molecule has 0 aliphatic rings. The van der Waals surface area contributed by atoms with Crippen molar-refractivity contribution in [3.8, 4) is 5.75 Å². The minimum Gasteiger partial charge on any atom is -0.484 e. The van der Waals surface area contributed by atoms with Gasteiger partial charge in [0.1, 0.15) is 12.4 Å². The number of benzene rings is 1. The average molecular weight is 429 g/mol. The highest BCUT2D eigenvalue weighted by Crippen LogP contribution is 2.37. The van der Waals surface area contributed by atoms with E-state index in [1.165, 1.54) is 23.5 Å². The molecule has 0 radical (unpaired) electrons. The van der Waals surface area contributed by atoms with Crippen LogP contribution in [0.2, 0.25) is 4.47 Å². The van der Waals surface area contributed by atoms with Crippen molar-refractivity contribution in [3.63, 3.8) is 0 Å². The molecule has 10 heteroatoms. The Labute approximate surface area is 133 Å². The zero-order chi connectivity index (χ0) is 14.0. The van der Waals surface area contributed by atoms with Gasteiger partial charge in [-0.25, -0.2) is 0 Å². The summed E-state index contributed by atoms with van der Waals surface area (Å²) in [5.41, 5.74) is -0.0370. The topological polar surface area (TPSA) is 78.2 Å². The van der Waals surface area contributed by atoms with Crippen molar-refractivity contribution in [2.45, 2.75) is 6.61 Å². The molecule has 1 heterocycles. The monoisotopic (exact) mass is 427 g/mol. The van der Waals surface area contributed by atoms with Crippen molar-refractivity contribution in [1.29, 1.82) is 0 Å². The summed E-state index contributed by atoms with van der Waals surface area (Å²) < 4.78 is 6.82. The lowest BCUT2D eigenvalue weighted by Gasteiger charge is -2.08. The maximum absolute atomic E-state index is 10.7. The van der Waals surface area contributed by atoms with Gasteiger partial charge in [-0.3, -0.25) is 10.1 Å². The molecule has 100 valence electrons. The molecule has 0 saturated carbocycles. The van der Waals surface area contributed by atoms with Gasteiger partial charge in [-0.2, -0.15) is 0 Å². The second-order valence-corrected chi connectivity index (χ2v) is 6.59. The third-order valence-corrected chi connectivity index (χ3v) is 4.15. The van der Waals surface area contributed by atoms with Gasteiger partial charge in [-0.05, 0) is 43.5 Å². The summed E-state index contributed by atoms with van der Waals surface area (Å²) in [6.45, 7) is 0.180. The van der Waals surface area contributed by atoms with E-state index in [0.29, 0.717) is 24.2 Å². The van der Waals surface area contributed by atoms with Crippen LogP contribution >= 0.6 is 54.8 Å². The van der Waals surface area contributed by atoms with Crippen LogP contribution in [0.25, 0.3) is 0 Å². The van der Waals surface area contributed by atoms with Crippen LogP contribution in [0.3, 0.4) is 0 Å². The van der Waals surface area contributed by atoms with E-state index in [1.54, 1.807) is 0 Å². The minimum absolute atomic E-state index is 0.0370. The molecule has 0 N–H and O–H groups in total. The number of nitro groups is 1. The molecule has 0 bridgehead atoms. The molecule has 0 amide bonds. The molecular weight excluding hydrogens is 425 g/mol. The highest BCUT2D eigenvalue weighted by Gasteiger charge is 2.15. The zero-order valence-electron chi connectivity index (χ0n) is 8.97. The molecule has 2 rings (SSSR count). The minimum atomic E-state index is -0.482. The molecule has 0 unspecified atom stereocenters. The fourth-order valence-electron chi connectivity index (χ4n) is 1.22. The molecular formula is C9H4Br2ClN3O3S. The number of ether oxygens (including phenoxy) is 1. The maximum atomic E-state index is 10.7. The summed E-state index contributed by atoms with van der Waals surface area (Å²) in [4.78, 5) is 10.2. The summed E-state index contributed by atoms with van der Waals surface area (Å²) >= 11 is 13.3. The van der Waals surface area contributed by atoms with E-state index in [4.69, 9.17) is 16.3 Å². The highest BCUT2D eigenvalue weighted by atomic mass is 79.9. The molecule has 2 aromatic rings. The summed E-state index contributed by atoms with van der Waals surface area (Å²) in [6.07, 6.45) is 0. The molecule has 19 heavy (non-hydrogen) atoms. The van der Waals surface area contributed by atoms with Crippen molar-refractivity contribution in [2.24, 2.45) is 0 Å². The van der Waals surface area contributed by atoms with Gasteiger partial charge >= 0.3 is 0 Å². The predicted octanol–water partition coefficient (Wildman–Crippen LogP) is 4.20. The van der Waals surface area contributed by atoms with Crippen molar-refractivity contribution < 1.29 is 9.66 Å². The fraction of sp³-hybridized carbons (Fsp3) is 0.111. The average Bonchev–Trinajstić information content (AvgIpc) is 2.73. The molecule has 0 atom stereocenters. The molecule has 0 spiro atoms. The first-order chi connectivity index (χ1) is 8.97. The van der Waals surface area contributed by atoms with Crippen molar-refractivity contribution in [1.82, 2.24) is 10.2 Å². The third kappa shape index (κ3) is 3.62. The fourth-order valence-corrected chi connectivity index (χ4v) is 3.39. The number of halogens is 3. The number of hydrogen-bond acceptors (Lipinski definition) is 6. The first kappa shape index (κ1) is 14.6. The lowest BCUT2D eigenvalue weighted by Crippen LogP contribution is -1.97. The van der Waals surface area contributed by atoms with Crippen LogP contribution in [0.1, 0.15) is 5.01 Å². The Morgan fingerprint density at radius 1 is 1.37 bits per heavy atom. The van der Waals surface area contributed by atoms with Gasteiger partial charge in [0, 0.05) is 12.1 Å². The highest BCUT2D eigenvalue weighted by molar-refractivity contribution is 9.11. The molecule has 0 fully saturated rings. The number of nitrogens with zero attached hydrogens (tertiary/aromatic N) is 3. The van der Waals surface area contributed by atoms with Gasteiger partial charge < -0.3 is 4.74 Å². The number of rotatable bonds is 4. The molecule has 0 aliphatic carbocycles. The van der Waals surface area contributed by atoms with Crippen LogP contribution in [-0.4, -0.2) is 15.1 Å². The first-order valence-electron chi connectivity index (χ1n) is 4.71. The second-order valence-electron chi connectivity index (χ2n) is 3.23. The van der Waals surface area contributed by atoms with E-state index in [0.717, 1.165) is 0 Å².